The zero-order chi connectivity index (χ0) is 17.3. The number of amides is 1. The number of aryl methyl sites for hydroxylation is 1. The molecule has 2 aromatic heterocycles. The Morgan fingerprint density at radius 1 is 1.20 bits per heavy atom. The molecular weight excluding hydrogens is 312 g/mol. The maximum atomic E-state index is 12.5. The molecule has 4 N–H and O–H groups in total. The summed E-state index contributed by atoms with van der Waals surface area (Å²) in [7, 11) is 0. The number of benzene rings is 1. The molecule has 1 amide bonds. The Balaban J connectivity index is 1.42. The van der Waals surface area contributed by atoms with Gasteiger partial charge in [0.05, 0.1) is 5.69 Å². The number of fused-ring (bicyclic) bond motifs is 1. The molecule has 0 saturated heterocycles. The zero-order valence-corrected chi connectivity index (χ0v) is 14.1. The van der Waals surface area contributed by atoms with Crippen LogP contribution < -0.4 is 11.1 Å². The molecule has 1 aromatic carbocycles. The maximum Gasteiger partial charge on any atom is 0.255 e. The van der Waals surface area contributed by atoms with Crippen molar-refractivity contribution in [2.75, 3.05) is 5.32 Å². The highest BCUT2D eigenvalue weighted by Gasteiger charge is 2.31. The van der Waals surface area contributed by atoms with E-state index in [0.717, 1.165) is 42.4 Å². The highest BCUT2D eigenvalue weighted by molar-refractivity contribution is 6.08. The van der Waals surface area contributed by atoms with E-state index in [1.807, 2.05) is 42.6 Å². The van der Waals surface area contributed by atoms with Crippen LogP contribution in [0.2, 0.25) is 0 Å². The molecule has 0 radical (unpaired) electrons. The number of nitrogens with one attached hydrogen (secondary N) is 2. The van der Waals surface area contributed by atoms with Crippen molar-refractivity contribution in [1.82, 2.24) is 9.97 Å². The van der Waals surface area contributed by atoms with Crippen LogP contribution in [0.25, 0.3) is 11.0 Å². The molecule has 0 spiro atoms. The second kappa shape index (κ2) is 6.33. The van der Waals surface area contributed by atoms with Crippen molar-refractivity contribution in [2.24, 2.45) is 5.73 Å². The SMILES string of the molecule is NC1(CCc2ccc(C(=O)Nc3ccnc4[nH]ccc34)cc2)CCC1. The molecule has 128 valence electrons. The summed E-state index contributed by atoms with van der Waals surface area (Å²) in [6.45, 7) is 0. The first-order valence-corrected chi connectivity index (χ1v) is 8.74. The van der Waals surface area contributed by atoms with E-state index in [0.29, 0.717) is 5.56 Å². The fraction of sp³-hybridized carbons (Fsp3) is 0.300. The summed E-state index contributed by atoms with van der Waals surface area (Å²) in [4.78, 5) is 19.8. The number of hydrogen-bond acceptors (Lipinski definition) is 3. The van der Waals surface area contributed by atoms with E-state index in [1.54, 1.807) is 6.20 Å². The highest BCUT2D eigenvalue weighted by Crippen LogP contribution is 2.33. The summed E-state index contributed by atoms with van der Waals surface area (Å²) in [5, 5.41) is 3.87. The van der Waals surface area contributed by atoms with Gasteiger partial charge >= 0.3 is 0 Å². The van der Waals surface area contributed by atoms with Crippen LogP contribution in [0.4, 0.5) is 5.69 Å². The lowest BCUT2D eigenvalue weighted by molar-refractivity contribution is 0.102. The third kappa shape index (κ3) is 3.28. The molecule has 5 nitrogen and oxygen atoms in total. The van der Waals surface area contributed by atoms with Gasteiger partial charge in [0.25, 0.3) is 5.91 Å². The van der Waals surface area contributed by atoms with Crippen molar-refractivity contribution in [3.8, 4) is 0 Å². The standard InChI is InChI=1S/C20H22N4O/c21-20(9-1-10-20)11-6-14-2-4-15(5-3-14)19(25)24-17-8-13-23-18-16(17)7-12-22-18/h2-5,7-8,12-13H,1,6,9-11,21H2,(H2,22,23,24,25). The fourth-order valence-corrected chi connectivity index (χ4v) is 3.36. The molecule has 3 aromatic rings. The van der Waals surface area contributed by atoms with Gasteiger partial charge in [-0.05, 0) is 61.9 Å². The van der Waals surface area contributed by atoms with Gasteiger partial charge in [-0.2, -0.15) is 0 Å². The fourth-order valence-electron chi connectivity index (χ4n) is 3.36. The Bertz CT molecular complexity index is 893. The number of rotatable bonds is 5. The minimum atomic E-state index is -0.116. The van der Waals surface area contributed by atoms with Gasteiger partial charge in [0.2, 0.25) is 0 Å². The van der Waals surface area contributed by atoms with E-state index in [1.165, 1.54) is 12.0 Å². The summed E-state index contributed by atoms with van der Waals surface area (Å²) >= 11 is 0. The molecule has 25 heavy (non-hydrogen) atoms. The predicted molar refractivity (Wildman–Crippen MR) is 99.6 cm³/mol. The zero-order valence-electron chi connectivity index (χ0n) is 14.1. The summed E-state index contributed by atoms with van der Waals surface area (Å²) < 4.78 is 0. The molecule has 5 heteroatoms. The first-order chi connectivity index (χ1) is 12.1. The number of nitrogens with zero attached hydrogens (tertiary/aromatic N) is 1. The first-order valence-electron chi connectivity index (χ1n) is 8.74. The highest BCUT2D eigenvalue weighted by atomic mass is 16.1. The van der Waals surface area contributed by atoms with Crippen LogP contribution in [-0.2, 0) is 6.42 Å². The van der Waals surface area contributed by atoms with E-state index < -0.39 is 0 Å². The minimum Gasteiger partial charge on any atom is -0.346 e. The van der Waals surface area contributed by atoms with Crippen molar-refractivity contribution < 1.29 is 4.79 Å². The van der Waals surface area contributed by atoms with Gasteiger partial charge in [0, 0.05) is 28.9 Å². The normalized spacial score (nSPS) is 15.7. The minimum absolute atomic E-state index is 0.0410. The topological polar surface area (TPSA) is 83.8 Å². The predicted octanol–water partition coefficient (Wildman–Crippen LogP) is 3.63. The summed E-state index contributed by atoms with van der Waals surface area (Å²) in [5.74, 6) is -0.116. The van der Waals surface area contributed by atoms with Crippen LogP contribution in [0.3, 0.4) is 0 Å². The number of nitrogens with two attached hydrogens (primary N) is 1. The third-order valence-electron chi connectivity index (χ3n) is 5.19. The van der Waals surface area contributed by atoms with Crippen LogP contribution in [0.15, 0.2) is 48.8 Å². The summed E-state index contributed by atoms with van der Waals surface area (Å²) in [6.07, 6.45) is 8.99. The van der Waals surface area contributed by atoms with Gasteiger partial charge in [-0.15, -0.1) is 0 Å². The molecule has 0 atom stereocenters. The second-order valence-corrected chi connectivity index (χ2v) is 6.97. The average Bonchev–Trinajstić information content (AvgIpc) is 3.08. The Kier molecular flexibility index (Phi) is 4.01. The van der Waals surface area contributed by atoms with Crippen molar-refractivity contribution in [3.05, 3.63) is 59.9 Å². The van der Waals surface area contributed by atoms with Gasteiger partial charge in [-0.1, -0.05) is 12.1 Å². The molecule has 0 aliphatic heterocycles. The molecule has 0 bridgehead atoms. The Morgan fingerprint density at radius 3 is 2.72 bits per heavy atom. The van der Waals surface area contributed by atoms with Crippen LogP contribution in [0.1, 0.15) is 41.6 Å². The molecule has 1 fully saturated rings. The van der Waals surface area contributed by atoms with Crippen molar-refractivity contribution in [1.29, 1.82) is 0 Å². The average molecular weight is 334 g/mol. The molecule has 1 saturated carbocycles. The number of aromatic nitrogens is 2. The van der Waals surface area contributed by atoms with Gasteiger partial charge in [-0.25, -0.2) is 4.98 Å². The number of carbonyl (C=O) groups excluding carboxylic acids is 1. The van der Waals surface area contributed by atoms with Gasteiger partial charge < -0.3 is 16.0 Å². The van der Waals surface area contributed by atoms with E-state index >= 15 is 0 Å². The van der Waals surface area contributed by atoms with Gasteiger partial charge in [0.1, 0.15) is 5.65 Å². The molecule has 4 rings (SSSR count). The van der Waals surface area contributed by atoms with E-state index in [9.17, 15) is 4.79 Å². The molecule has 1 aliphatic carbocycles. The Morgan fingerprint density at radius 2 is 2.00 bits per heavy atom. The summed E-state index contributed by atoms with van der Waals surface area (Å²) in [5.41, 5.74) is 9.72. The number of carbonyl (C=O) groups is 1. The second-order valence-electron chi connectivity index (χ2n) is 6.97. The van der Waals surface area contributed by atoms with E-state index in [2.05, 4.69) is 15.3 Å². The van der Waals surface area contributed by atoms with Crippen molar-refractivity contribution in [2.45, 2.75) is 37.6 Å². The summed E-state index contributed by atoms with van der Waals surface area (Å²) in [6, 6.07) is 11.5. The third-order valence-corrected chi connectivity index (χ3v) is 5.19. The van der Waals surface area contributed by atoms with Crippen LogP contribution >= 0.6 is 0 Å². The van der Waals surface area contributed by atoms with Crippen molar-refractivity contribution >= 4 is 22.6 Å². The van der Waals surface area contributed by atoms with Crippen molar-refractivity contribution in [3.63, 3.8) is 0 Å². The number of aromatic amines is 1. The molecule has 0 unspecified atom stereocenters. The molecule has 2 heterocycles. The van der Waals surface area contributed by atoms with Gasteiger partial charge in [-0.3, -0.25) is 4.79 Å². The monoisotopic (exact) mass is 334 g/mol. The lowest BCUT2D eigenvalue weighted by Gasteiger charge is -2.38. The maximum absolute atomic E-state index is 12.5. The lowest BCUT2D eigenvalue weighted by atomic mass is 9.74. The number of H-pyrrole nitrogens is 1. The molecular formula is C20H22N4O. The number of pyridine rings is 1. The van der Waals surface area contributed by atoms with Gasteiger partial charge in [0.15, 0.2) is 0 Å². The quantitative estimate of drug-likeness (QED) is 0.666. The van der Waals surface area contributed by atoms with Crippen LogP contribution in [-0.4, -0.2) is 21.4 Å². The van der Waals surface area contributed by atoms with Crippen LogP contribution in [0, 0.1) is 0 Å². The largest absolute Gasteiger partial charge is 0.346 e. The Hall–Kier alpha value is -2.66. The van der Waals surface area contributed by atoms with E-state index in [-0.39, 0.29) is 11.4 Å². The van der Waals surface area contributed by atoms with E-state index in [4.69, 9.17) is 5.73 Å². The lowest BCUT2D eigenvalue weighted by Crippen LogP contribution is -2.46. The van der Waals surface area contributed by atoms with Crippen LogP contribution in [0.5, 0.6) is 0 Å². The number of hydrogen-bond donors (Lipinski definition) is 3. The number of anilines is 1. The molecule has 1 aliphatic rings. The Labute approximate surface area is 146 Å². The first kappa shape index (κ1) is 15.8. The smallest absolute Gasteiger partial charge is 0.255 e.